The fraction of sp³-hybridized carbons (Fsp3) is 0.0526. The number of rotatable bonds is 3. The molecule has 3 aromatic rings. The first-order chi connectivity index (χ1) is 11.7. The number of fused-ring (bicyclic) bond motifs is 2. The molecule has 1 aliphatic heterocycles. The molecule has 1 N–H and O–H groups in total. The van der Waals surface area contributed by atoms with E-state index >= 15 is 0 Å². The van der Waals surface area contributed by atoms with Gasteiger partial charge in [0, 0.05) is 28.9 Å². The van der Waals surface area contributed by atoms with Crippen LogP contribution < -0.4 is 10.1 Å². The normalized spacial score (nSPS) is 12.7. The highest BCUT2D eigenvalue weighted by Crippen LogP contribution is 2.43. The number of non-ortho nitro benzene ring substituents is 1. The molecule has 0 aliphatic carbocycles. The molecule has 0 unspecified atom stereocenters. The lowest BCUT2D eigenvalue weighted by Crippen LogP contribution is -2.17. The van der Waals surface area contributed by atoms with Gasteiger partial charge >= 0.3 is 0 Å². The van der Waals surface area contributed by atoms with E-state index in [1.807, 2.05) is 48.5 Å². The molecule has 0 saturated carbocycles. The van der Waals surface area contributed by atoms with Crippen LogP contribution in [-0.2, 0) is 0 Å². The molecule has 0 saturated heterocycles. The lowest BCUT2D eigenvalue weighted by Gasteiger charge is -2.29. The molecular weight excluding hydrogens is 304 g/mol. The number of nitro groups is 1. The molecule has 4 rings (SSSR count). The molecule has 0 atom stereocenters. The third-order valence-electron chi connectivity index (χ3n) is 4.07. The minimum atomic E-state index is -0.400. The monoisotopic (exact) mass is 318 g/mol. The maximum atomic E-state index is 10.8. The summed E-state index contributed by atoms with van der Waals surface area (Å²) in [6.45, 7) is 0. The summed E-state index contributed by atoms with van der Waals surface area (Å²) in [6.07, 6.45) is 0. The van der Waals surface area contributed by atoms with Crippen LogP contribution in [-0.4, -0.2) is 4.92 Å². The molecule has 0 fully saturated rings. The van der Waals surface area contributed by atoms with Gasteiger partial charge in [0.15, 0.2) is 0 Å². The van der Waals surface area contributed by atoms with Crippen molar-refractivity contribution in [3.05, 3.63) is 94.0 Å². The number of ether oxygens (including phenoxy) is 1. The van der Waals surface area contributed by atoms with Crippen LogP contribution >= 0.6 is 0 Å². The first-order valence-corrected chi connectivity index (χ1v) is 7.59. The third kappa shape index (κ3) is 2.46. The van der Waals surface area contributed by atoms with Gasteiger partial charge in [-0.25, -0.2) is 0 Å². The Balaban J connectivity index is 1.73. The lowest BCUT2D eigenvalue weighted by molar-refractivity contribution is -0.384. The van der Waals surface area contributed by atoms with Gasteiger partial charge in [0.2, 0.25) is 0 Å². The van der Waals surface area contributed by atoms with Crippen LogP contribution in [0.15, 0.2) is 72.8 Å². The summed E-state index contributed by atoms with van der Waals surface area (Å²) in [4.78, 5) is 10.4. The third-order valence-corrected chi connectivity index (χ3v) is 4.07. The highest BCUT2D eigenvalue weighted by Gasteiger charge is 2.26. The summed E-state index contributed by atoms with van der Waals surface area (Å²) in [5.74, 6) is 1.63. The van der Waals surface area contributed by atoms with Crippen molar-refractivity contribution in [1.29, 1.82) is 0 Å². The molecule has 0 spiro atoms. The molecule has 0 amide bonds. The van der Waals surface area contributed by atoms with E-state index in [0.29, 0.717) is 0 Å². The van der Waals surface area contributed by atoms with E-state index in [1.54, 1.807) is 12.1 Å². The van der Waals surface area contributed by atoms with E-state index in [2.05, 4.69) is 5.32 Å². The lowest BCUT2D eigenvalue weighted by atomic mass is 9.94. The Morgan fingerprint density at radius 2 is 1.38 bits per heavy atom. The van der Waals surface area contributed by atoms with Gasteiger partial charge in [-0.1, -0.05) is 36.4 Å². The Kier molecular flexibility index (Phi) is 3.39. The van der Waals surface area contributed by atoms with Gasteiger partial charge in [0.1, 0.15) is 11.5 Å². The smallest absolute Gasteiger partial charge is 0.269 e. The molecule has 1 aliphatic rings. The maximum absolute atomic E-state index is 10.8. The number of nitrogens with zero attached hydrogens (tertiary/aromatic N) is 1. The quantitative estimate of drug-likeness (QED) is 0.551. The number of nitrogens with one attached hydrogen (secondary N) is 1. The Hall–Kier alpha value is -3.34. The van der Waals surface area contributed by atoms with Gasteiger partial charge in [-0.05, 0) is 24.3 Å². The van der Waals surface area contributed by atoms with E-state index in [9.17, 15) is 10.1 Å². The van der Waals surface area contributed by atoms with E-state index < -0.39 is 4.92 Å². The van der Waals surface area contributed by atoms with Gasteiger partial charge in [-0.15, -0.1) is 0 Å². The molecule has 5 nitrogen and oxygen atoms in total. The summed E-state index contributed by atoms with van der Waals surface area (Å²) >= 11 is 0. The van der Waals surface area contributed by atoms with E-state index in [0.717, 1.165) is 28.3 Å². The second kappa shape index (κ2) is 5.70. The van der Waals surface area contributed by atoms with Crippen LogP contribution in [0, 0.1) is 10.1 Å². The van der Waals surface area contributed by atoms with Crippen molar-refractivity contribution in [2.24, 2.45) is 0 Å². The zero-order valence-corrected chi connectivity index (χ0v) is 12.7. The van der Waals surface area contributed by atoms with Crippen molar-refractivity contribution in [3.8, 4) is 11.5 Å². The van der Waals surface area contributed by atoms with Gasteiger partial charge in [-0.3, -0.25) is 10.1 Å². The van der Waals surface area contributed by atoms with Gasteiger partial charge in [-0.2, -0.15) is 0 Å². The number of benzene rings is 3. The first kappa shape index (κ1) is 14.3. The van der Waals surface area contributed by atoms with Crippen LogP contribution in [0.3, 0.4) is 0 Å². The topological polar surface area (TPSA) is 64.4 Å². The highest BCUT2D eigenvalue weighted by molar-refractivity contribution is 5.59. The van der Waals surface area contributed by atoms with Crippen molar-refractivity contribution in [1.82, 2.24) is 0 Å². The van der Waals surface area contributed by atoms with Gasteiger partial charge < -0.3 is 10.1 Å². The predicted molar refractivity (Wildman–Crippen MR) is 91.5 cm³/mol. The molecule has 118 valence electrons. The number of nitro benzene ring substituents is 1. The van der Waals surface area contributed by atoms with Crippen molar-refractivity contribution < 1.29 is 9.66 Å². The summed E-state index contributed by atoms with van der Waals surface area (Å²) in [5, 5.41) is 14.3. The second-order valence-electron chi connectivity index (χ2n) is 5.56. The van der Waals surface area contributed by atoms with Crippen molar-refractivity contribution in [3.63, 3.8) is 0 Å². The average molecular weight is 318 g/mol. The maximum Gasteiger partial charge on any atom is 0.269 e. The standard InChI is InChI=1S/C19H14N2O3/c22-21(23)14-11-9-13(10-12-14)20-19-15-5-1-3-7-17(15)24-18-8-4-2-6-16(18)19/h1-12,19-20H. The first-order valence-electron chi connectivity index (χ1n) is 7.59. The summed E-state index contributed by atoms with van der Waals surface area (Å²) < 4.78 is 5.97. The molecule has 3 aromatic carbocycles. The zero-order valence-electron chi connectivity index (χ0n) is 12.7. The Bertz CT molecular complexity index is 861. The van der Waals surface area contributed by atoms with E-state index in [1.165, 1.54) is 12.1 Å². The van der Waals surface area contributed by atoms with Crippen LogP contribution in [0.25, 0.3) is 0 Å². The Labute approximate surface area is 138 Å². The molecule has 5 heteroatoms. The van der Waals surface area contributed by atoms with Crippen molar-refractivity contribution in [2.45, 2.75) is 6.04 Å². The predicted octanol–water partition coefficient (Wildman–Crippen LogP) is 4.90. The SMILES string of the molecule is O=[N+]([O-])c1ccc(NC2c3ccccc3Oc3ccccc32)cc1. The molecule has 0 bridgehead atoms. The van der Waals surface area contributed by atoms with Crippen LogP contribution in [0.4, 0.5) is 11.4 Å². The number of hydrogen-bond donors (Lipinski definition) is 1. The molecular formula is C19H14N2O3. The fourth-order valence-electron chi connectivity index (χ4n) is 2.91. The summed E-state index contributed by atoms with van der Waals surface area (Å²) in [6, 6.07) is 22.1. The Morgan fingerprint density at radius 3 is 1.92 bits per heavy atom. The van der Waals surface area contributed by atoms with Crippen LogP contribution in [0.5, 0.6) is 11.5 Å². The number of para-hydroxylation sites is 2. The Morgan fingerprint density at radius 1 is 0.833 bits per heavy atom. The van der Waals surface area contributed by atoms with Crippen LogP contribution in [0.1, 0.15) is 17.2 Å². The molecule has 0 radical (unpaired) electrons. The summed E-state index contributed by atoms with van der Waals surface area (Å²) in [5.41, 5.74) is 2.97. The average Bonchev–Trinajstić information content (AvgIpc) is 2.62. The highest BCUT2D eigenvalue weighted by atomic mass is 16.6. The van der Waals surface area contributed by atoms with E-state index in [-0.39, 0.29) is 11.7 Å². The largest absolute Gasteiger partial charge is 0.457 e. The number of hydrogen-bond acceptors (Lipinski definition) is 4. The molecule has 1 heterocycles. The number of anilines is 1. The second-order valence-corrected chi connectivity index (χ2v) is 5.56. The fourth-order valence-corrected chi connectivity index (χ4v) is 2.91. The van der Waals surface area contributed by atoms with Crippen molar-refractivity contribution >= 4 is 11.4 Å². The molecule has 24 heavy (non-hydrogen) atoms. The summed E-state index contributed by atoms with van der Waals surface area (Å²) in [7, 11) is 0. The van der Waals surface area contributed by atoms with Gasteiger partial charge in [0.05, 0.1) is 11.0 Å². The van der Waals surface area contributed by atoms with Crippen molar-refractivity contribution in [2.75, 3.05) is 5.32 Å². The minimum Gasteiger partial charge on any atom is -0.457 e. The van der Waals surface area contributed by atoms with E-state index in [4.69, 9.17) is 4.74 Å². The van der Waals surface area contributed by atoms with Crippen LogP contribution in [0.2, 0.25) is 0 Å². The zero-order chi connectivity index (χ0) is 16.5. The minimum absolute atomic E-state index is 0.0763. The molecule has 0 aromatic heterocycles. The van der Waals surface area contributed by atoms with Gasteiger partial charge in [0.25, 0.3) is 5.69 Å².